The fraction of sp³-hybridized carbons (Fsp3) is 0.263. The van der Waals surface area contributed by atoms with Crippen molar-refractivity contribution in [1.82, 2.24) is 10.6 Å². The van der Waals surface area contributed by atoms with Crippen LogP contribution in [0.2, 0.25) is 5.02 Å². The zero-order chi connectivity index (χ0) is 18.6. The number of urea groups is 1. The Hall–Kier alpha value is -2.18. The number of nitrogens with one attached hydrogen (secondary N) is 2. The lowest BCUT2D eigenvalue weighted by molar-refractivity contribution is -0.119. The van der Waals surface area contributed by atoms with Gasteiger partial charge in [-0.25, -0.2) is 4.79 Å². The number of rotatable bonds is 9. The van der Waals surface area contributed by atoms with Crippen LogP contribution in [0.4, 0.5) is 4.79 Å². The summed E-state index contributed by atoms with van der Waals surface area (Å²) in [6.07, 6.45) is 0.278. The van der Waals surface area contributed by atoms with E-state index in [4.69, 9.17) is 16.3 Å². The predicted octanol–water partition coefficient (Wildman–Crippen LogP) is 3.87. The highest BCUT2D eigenvalue weighted by atomic mass is 35.5. The largest absolute Gasteiger partial charge is 0.493 e. The van der Waals surface area contributed by atoms with Crippen molar-refractivity contribution in [2.45, 2.75) is 13.0 Å². The fourth-order valence-corrected chi connectivity index (χ4v) is 2.97. The predicted molar refractivity (Wildman–Crippen MR) is 106 cm³/mol. The highest BCUT2D eigenvalue weighted by molar-refractivity contribution is 7.99. The molecule has 2 N–H and O–H groups in total. The molecule has 0 atom stereocenters. The maximum absolute atomic E-state index is 11.7. The van der Waals surface area contributed by atoms with Crippen LogP contribution in [0.25, 0.3) is 0 Å². The van der Waals surface area contributed by atoms with E-state index in [1.807, 2.05) is 42.5 Å². The van der Waals surface area contributed by atoms with Gasteiger partial charge in [0.15, 0.2) is 0 Å². The summed E-state index contributed by atoms with van der Waals surface area (Å²) in [6, 6.07) is 16.3. The summed E-state index contributed by atoms with van der Waals surface area (Å²) in [5.74, 6) is 1.81. The van der Waals surface area contributed by atoms with Crippen LogP contribution in [-0.4, -0.2) is 30.1 Å². The lowest BCUT2D eigenvalue weighted by Gasteiger charge is -2.07. The van der Waals surface area contributed by atoms with E-state index in [0.717, 1.165) is 17.1 Å². The molecule has 0 saturated carbocycles. The number of imide groups is 1. The summed E-state index contributed by atoms with van der Waals surface area (Å²) in [5, 5.41) is 5.62. The van der Waals surface area contributed by atoms with Crippen molar-refractivity contribution in [1.29, 1.82) is 0 Å². The van der Waals surface area contributed by atoms with Crippen molar-refractivity contribution >= 4 is 35.3 Å². The number of hydrogen-bond donors (Lipinski definition) is 2. The maximum Gasteiger partial charge on any atom is 0.321 e. The molecule has 0 heterocycles. The quantitative estimate of drug-likeness (QED) is 0.636. The first kappa shape index (κ1) is 20.1. The van der Waals surface area contributed by atoms with E-state index in [1.54, 1.807) is 23.9 Å². The van der Waals surface area contributed by atoms with Gasteiger partial charge in [-0.2, -0.15) is 11.8 Å². The second kappa shape index (κ2) is 11.4. The van der Waals surface area contributed by atoms with E-state index < -0.39 is 6.03 Å². The minimum absolute atomic E-state index is 0.278. The van der Waals surface area contributed by atoms with Crippen molar-refractivity contribution in [3.8, 4) is 5.75 Å². The molecular formula is C19H21ClN2O3S. The van der Waals surface area contributed by atoms with E-state index in [0.29, 0.717) is 23.9 Å². The number of carbonyl (C=O) groups excluding carboxylic acids is 2. The number of carbonyl (C=O) groups is 2. The van der Waals surface area contributed by atoms with Gasteiger partial charge in [0.05, 0.1) is 6.61 Å². The Kier molecular flexibility index (Phi) is 8.86. The Balaban J connectivity index is 1.51. The Labute approximate surface area is 162 Å². The van der Waals surface area contributed by atoms with Crippen LogP contribution in [0.5, 0.6) is 5.75 Å². The van der Waals surface area contributed by atoms with Crippen LogP contribution in [0.3, 0.4) is 0 Å². The normalized spacial score (nSPS) is 10.2. The van der Waals surface area contributed by atoms with Gasteiger partial charge in [-0.15, -0.1) is 0 Å². The molecule has 0 aliphatic carbocycles. The molecule has 0 aliphatic heterocycles. The summed E-state index contributed by atoms with van der Waals surface area (Å²) in [5.41, 5.74) is 0.977. The van der Waals surface area contributed by atoms with Gasteiger partial charge in [0.25, 0.3) is 0 Å². The molecule has 5 nitrogen and oxygen atoms in total. The average Bonchev–Trinajstić information content (AvgIpc) is 2.64. The van der Waals surface area contributed by atoms with E-state index in [1.165, 1.54) is 0 Å². The van der Waals surface area contributed by atoms with Gasteiger partial charge >= 0.3 is 6.03 Å². The second-order valence-electron chi connectivity index (χ2n) is 5.38. The van der Waals surface area contributed by atoms with E-state index in [9.17, 15) is 9.59 Å². The van der Waals surface area contributed by atoms with Gasteiger partial charge in [-0.1, -0.05) is 48.0 Å². The molecular weight excluding hydrogens is 372 g/mol. The number of halogens is 1. The van der Waals surface area contributed by atoms with Crippen LogP contribution in [0, 0.1) is 0 Å². The Morgan fingerprint density at radius 3 is 2.62 bits per heavy atom. The lowest BCUT2D eigenvalue weighted by Crippen LogP contribution is -2.39. The minimum atomic E-state index is -0.479. The Bertz CT molecular complexity index is 713. The van der Waals surface area contributed by atoms with E-state index in [2.05, 4.69) is 10.6 Å². The molecule has 0 aromatic heterocycles. The fourth-order valence-electron chi connectivity index (χ4n) is 2.05. The molecule has 2 rings (SSSR count). The van der Waals surface area contributed by atoms with Gasteiger partial charge < -0.3 is 10.1 Å². The van der Waals surface area contributed by atoms with Crippen LogP contribution < -0.4 is 15.4 Å². The minimum Gasteiger partial charge on any atom is -0.493 e. The molecule has 2 aromatic rings. The summed E-state index contributed by atoms with van der Waals surface area (Å²) in [4.78, 5) is 23.4. The molecule has 0 unspecified atom stereocenters. The molecule has 0 saturated heterocycles. The molecule has 3 amide bonds. The number of thioether (sulfide) groups is 1. The van der Waals surface area contributed by atoms with Gasteiger partial charge in [-0.3, -0.25) is 10.1 Å². The third-order valence-corrected chi connectivity index (χ3v) is 4.50. The first-order valence-corrected chi connectivity index (χ1v) is 9.74. The SMILES string of the molecule is O=C(CCSCCOc1cccc(Cl)c1)NC(=O)NCc1ccccc1. The first-order chi connectivity index (χ1) is 12.6. The van der Waals surface area contributed by atoms with Crippen LogP contribution in [0.1, 0.15) is 12.0 Å². The third-order valence-electron chi connectivity index (χ3n) is 3.31. The van der Waals surface area contributed by atoms with E-state index in [-0.39, 0.29) is 12.3 Å². The summed E-state index contributed by atoms with van der Waals surface area (Å²) < 4.78 is 5.56. The van der Waals surface area contributed by atoms with Crippen LogP contribution >= 0.6 is 23.4 Å². The van der Waals surface area contributed by atoms with Crippen LogP contribution in [-0.2, 0) is 11.3 Å². The summed E-state index contributed by atoms with van der Waals surface area (Å²) in [6.45, 7) is 0.916. The average molecular weight is 393 g/mol. The zero-order valence-electron chi connectivity index (χ0n) is 14.2. The van der Waals surface area contributed by atoms with Crippen molar-refractivity contribution in [3.63, 3.8) is 0 Å². The number of hydrogen-bond acceptors (Lipinski definition) is 4. The Morgan fingerprint density at radius 2 is 1.85 bits per heavy atom. The highest BCUT2D eigenvalue weighted by Crippen LogP contribution is 2.17. The Morgan fingerprint density at radius 1 is 1.04 bits per heavy atom. The molecule has 7 heteroatoms. The molecule has 138 valence electrons. The number of amides is 3. The van der Waals surface area contributed by atoms with Crippen LogP contribution in [0.15, 0.2) is 54.6 Å². The highest BCUT2D eigenvalue weighted by Gasteiger charge is 2.07. The standard InChI is InChI=1S/C19H21ClN2O3S/c20-16-7-4-8-17(13-16)25-10-12-26-11-9-18(23)22-19(24)21-14-15-5-2-1-3-6-15/h1-8,13H,9-12,14H2,(H2,21,22,23,24). The summed E-state index contributed by atoms with van der Waals surface area (Å²) >= 11 is 7.47. The molecule has 0 spiro atoms. The summed E-state index contributed by atoms with van der Waals surface area (Å²) in [7, 11) is 0. The van der Waals surface area contributed by atoms with Gasteiger partial charge in [0.1, 0.15) is 5.75 Å². The molecule has 0 aliphatic rings. The number of ether oxygens (including phenoxy) is 1. The topological polar surface area (TPSA) is 67.4 Å². The van der Waals surface area contributed by atoms with Gasteiger partial charge in [-0.05, 0) is 23.8 Å². The third kappa shape index (κ3) is 8.27. The van der Waals surface area contributed by atoms with E-state index >= 15 is 0 Å². The van der Waals surface area contributed by atoms with Crippen molar-refractivity contribution in [3.05, 3.63) is 65.2 Å². The van der Waals surface area contributed by atoms with Gasteiger partial charge in [0, 0.05) is 29.5 Å². The van der Waals surface area contributed by atoms with Gasteiger partial charge in [0.2, 0.25) is 5.91 Å². The number of benzene rings is 2. The molecule has 2 aromatic carbocycles. The molecule has 0 radical (unpaired) electrons. The molecule has 0 fully saturated rings. The lowest BCUT2D eigenvalue weighted by atomic mass is 10.2. The zero-order valence-corrected chi connectivity index (χ0v) is 15.8. The maximum atomic E-state index is 11.7. The van der Waals surface area contributed by atoms with Crippen molar-refractivity contribution < 1.29 is 14.3 Å². The monoisotopic (exact) mass is 392 g/mol. The second-order valence-corrected chi connectivity index (χ2v) is 7.05. The molecule has 0 bridgehead atoms. The smallest absolute Gasteiger partial charge is 0.321 e. The van der Waals surface area contributed by atoms with Crippen molar-refractivity contribution in [2.75, 3.05) is 18.1 Å². The first-order valence-electron chi connectivity index (χ1n) is 8.21. The molecule has 26 heavy (non-hydrogen) atoms. The van der Waals surface area contributed by atoms with Crippen molar-refractivity contribution in [2.24, 2.45) is 0 Å².